The van der Waals surface area contributed by atoms with Crippen LogP contribution in [0.1, 0.15) is 67.2 Å². The Morgan fingerprint density at radius 2 is 1.48 bits per heavy atom. The molecule has 0 aliphatic carbocycles. The van der Waals surface area contributed by atoms with Gasteiger partial charge in [-0.25, -0.2) is 0 Å². The number of aliphatic hydroxyl groups is 1. The summed E-state index contributed by atoms with van der Waals surface area (Å²) in [5.41, 5.74) is 0.537. The fourth-order valence-electron chi connectivity index (χ4n) is 5.26. The third-order valence-electron chi connectivity index (χ3n) is 9.23. The van der Waals surface area contributed by atoms with Gasteiger partial charge in [0, 0.05) is 37.0 Å². The quantitative estimate of drug-likeness (QED) is 0.0754. The van der Waals surface area contributed by atoms with Crippen LogP contribution in [-0.4, -0.2) is 44.9 Å². The molecule has 0 spiro atoms. The molecule has 221 valence electrons. The number of rotatable bonds is 7. The molecule has 0 atom stereocenters. The summed E-state index contributed by atoms with van der Waals surface area (Å²) in [5, 5.41) is 16.8. The Balaban J connectivity index is 0.000000203. The summed E-state index contributed by atoms with van der Waals surface area (Å²) in [6, 6.07) is 23.4. The van der Waals surface area contributed by atoms with Gasteiger partial charge in [-0.05, 0) is 25.7 Å². The Morgan fingerprint density at radius 3 is 2.14 bits per heavy atom. The number of nitrogens with zero attached hydrogens (tertiary/aromatic N) is 1. The zero-order valence-corrected chi connectivity index (χ0v) is 31.0. The third kappa shape index (κ3) is 5.88. The Kier molecular flexibility index (Phi) is 10.4. The van der Waals surface area contributed by atoms with E-state index in [1.165, 1.54) is 50.0 Å². The standard InChI is InChI=1S/C21H10NSe2.C15H28O2.Ir/c1-2-5-13-12(4-1)8-9-14-20-19-17(10-11-22-20)23-15-6-3-7-16(18(15)19)24-21(13)14;1-7-14(5,8-2)12(16)11-13(17)15(6,9-3)10-4;/h1-8,10-11H;11,16H,7-10H2,1-6H3;/q-1;;/b;12-11-;. The number of aromatic nitrogens is 1. The molecule has 0 fully saturated rings. The van der Waals surface area contributed by atoms with E-state index in [1.54, 1.807) is 0 Å². The van der Waals surface area contributed by atoms with Crippen LogP contribution in [0.5, 0.6) is 0 Å². The number of hydrogen-bond donors (Lipinski definition) is 1. The van der Waals surface area contributed by atoms with Crippen molar-refractivity contribution in [2.24, 2.45) is 10.8 Å². The average Bonchev–Trinajstić information content (AvgIpc) is 3.32. The number of ketones is 1. The molecular formula is C36H38IrNO2Se2-. The van der Waals surface area contributed by atoms with E-state index in [0.29, 0.717) is 14.5 Å². The number of benzene rings is 3. The fraction of sp³-hybridized carbons (Fsp3) is 0.333. The third-order valence-corrected chi connectivity index (χ3v) is 14.1. The van der Waals surface area contributed by atoms with Crippen LogP contribution in [0.15, 0.2) is 72.6 Å². The number of carbonyl (C=O) groups is 1. The van der Waals surface area contributed by atoms with E-state index in [4.69, 9.17) is 4.98 Å². The predicted octanol–water partition coefficient (Wildman–Crippen LogP) is 9.41. The summed E-state index contributed by atoms with van der Waals surface area (Å²) in [6.07, 6.45) is 6.73. The summed E-state index contributed by atoms with van der Waals surface area (Å²) >= 11 is 0.680. The van der Waals surface area contributed by atoms with Gasteiger partial charge in [0.15, 0.2) is 5.78 Å². The van der Waals surface area contributed by atoms with Crippen molar-refractivity contribution in [1.29, 1.82) is 0 Å². The van der Waals surface area contributed by atoms with Crippen LogP contribution in [0, 0.1) is 16.9 Å². The van der Waals surface area contributed by atoms with Gasteiger partial charge in [0.25, 0.3) is 0 Å². The van der Waals surface area contributed by atoms with Crippen molar-refractivity contribution in [1.82, 2.24) is 4.98 Å². The molecule has 0 unspecified atom stereocenters. The van der Waals surface area contributed by atoms with Gasteiger partial charge in [-0.1, -0.05) is 41.5 Å². The summed E-state index contributed by atoms with van der Waals surface area (Å²) in [5.74, 6) is 0.286. The van der Waals surface area contributed by atoms with Gasteiger partial charge in [0.05, 0.1) is 0 Å². The summed E-state index contributed by atoms with van der Waals surface area (Å²) in [4.78, 5) is 17.0. The van der Waals surface area contributed by atoms with Gasteiger partial charge >= 0.3 is 150 Å². The molecule has 6 rings (SSSR count). The molecule has 3 heterocycles. The Morgan fingerprint density at radius 1 is 0.857 bits per heavy atom. The van der Waals surface area contributed by atoms with E-state index in [1.807, 2.05) is 47.7 Å². The Hall–Kier alpha value is -2.03. The molecule has 3 nitrogen and oxygen atoms in total. The monoisotopic (exact) mass is 869 g/mol. The first kappa shape index (κ1) is 32.9. The minimum absolute atomic E-state index is 0. The van der Waals surface area contributed by atoms with E-state index in [-0.39, 0.29) is 57.0 Å². The molecule has 3 aromatic carbocycles. The number of carbonyl (C=O) groups excluding carboxylic acids is 1. The second-order valence-corrected chi connectivity index (χ2v) is 15.9. The summed E-state index contributed by atoms with van der Waals surface area (Å²) in [6.45, 7) is 12.1. The molecule has 0 saturated carbocycles. The number of pyridine rings is 1. The van der Waals surface area contributed by atoms with Crippen LogP contribution >= 0.6 is 0 Å². The average molecular weight is 867 g/mol. The van der Waals surface area contributed by atoms with Crippen molar-refractivity contribution in [2.45, 2.75) is 67.2 Å². The summed E-state index contributed by atoms with van der Waals surface area (Å²) in [7, 11) is 0. The topological polar surface area (TPSA) is 50.2 Å². The molecule has 1 N–H and O–H groups in total. The first-order valence-corrected chi connectivity index (χ1v) is 18.0. The van der Waals surface area contributed by atoms with E-state index < -0.39 is 0 Å². The Labute approximate surface area is 274 Å². The zero-order valence-electron chi connectivity index (χ0n) is 25.1. The maximum atomic E-state index is 12.2. The number of aliphatic hydroxyl groups excluding tert-OH is 1. The van der Waals surface area contributed by atoms with E-state index in [9.17, 15) is 9.90 Å². The van der Waals surface area contributed by atoms with Crippen molar-refractivity contribution >= 4 is 84.3 Å². The van der Waals surface area contributed by atoms with Crippen molar-refractivity contribution in [3.63, 3.8) is 0 Å². The normalized spacial score (nSPS) is 12.6. The molecule has 0 aliphatic heterocycles. The second-order valence-electron chi connectivity index (χ2n) is 11.4. The minimum atomic E-state index is -0.337. The van der Waals surface area contributed by atoms with Gasteiger partial charge in [0.1, 0.15) is 5.76 Å². The molecule has 3 aromatic heterocycles. The van der Waals surface area contributed by atoms with Gasteiger partial charge in [-0.2, -0.15) is 0 Å². The van der Waals surface area contributed by atoms with E-state index in [0.717, 1.165) is 31.2 Å². The molecular weight excluding hydrogens is 829 g/mol. The fourth-order valence-corrected chi connectivity index (χ4v) is 10.5. The van der Waals surface area contributed by atoms with Gasteiger partial charge in [-0.15, -0.1) is 0 Å². The van der Waals surface area contributed by atoms with Crippen LogP contribution < -0.4 is 0 Å². The van der Waals surface area contributed by atoms with Crippen LogP contribution in [0.4, 0.5) is 0 Å². The SMILES string of the molecule is CCC(C)(CC)C(=O)/C=C(\O)C(C)(CC)CC.[Ir].[c-]1cc2ccccc2c2[se]c3cccc4[se]c5ccnc(c12)c5c43. The van der Waals surface area contributed by atoms with Crippen LogP contribution in [0.3, 0.4) is 0 Å². The van der Waals surface area contributed by atoms with Crippen molar-refractivity contribution in [2.75, 3.05) is 0 Å². The van der Waals surface area contributed by atoms with Crippen LogP contribution in [-0.2, 0) is 24.9 Å². The van der Waals surface area contributed by atoms with Crippen LogP contribution in [0.25, 0.3) is 49.5 Å². The van der Waals surface area contributed by atoms with Crippen molar-refractivity contribution in [3.05, 3.63) is 78.7 Å². The second kappa shape index (κ2) is 13.3. The molecule has 0 amide bonds. The first-order chi connectivity index (χ1) is 19.7. The first-order valence-electron chi connectivity index (χ1n) is 14.6. The number of allylic oxidation sites excluding steroid dienone is 2. The summed E-state index contributed by atoms with van der Waals surface area (Å²) < 4.78 is 5.92. The van der Waals surface area contributed by atoms with Gasteiger partial charge < -0.3 is 5.11 Å². The van der Waals surface area contributed by atoms with Crippen molar-refractivity contribution in [3.8, 4) is 0 Å². The molecule has 0 aliphatic rings. The van der Waals surface area contributed by atoms with E-state index in [2.05, 4.69) is 60.7 Å². The molecule has 42 heavy (non-hydrogen) atoms. The van der Waals surface area contributed by atoms with Gasteiger partial charge in [-0.3, -0.25) is 4.79 Å². The molecule has 6 heteroatoms. The zero-order chi connectivity index (χ0) is 29.4. The molecule has 1 radical (unpaired) electrons. The predicted molar refractivity (Wildman–Crippen MR) is 178 cm³/mol. The maximum absolute atomic E-state index is 12.2. The number of fused-ring (bicyclic) bond motifs is 4. The van der Waals surface area contributed by atoms with Gasteiger partial charge in [0.2, 0.25) is 0 Å². The molecule has 0 bridgehead atoms. The Bertz CT molecular complexity index is 1910. The van der Waals surface area contributed by atoms with E-state index >= 15 is 0 Å². The molecule has 0 saturated heterocycles. The molecule has 6 aromatic rings. The van der Waals surface area contributed by atoms with Crippen LogP contribution in [0.2, 0.25) is 0 Å². The van der Waals surface area contributed by atoms with Crippen molar-refractivity contribution < 1.29 is 30.0 Å². The number of hydrogen-bond acceptors (Lipinski definition) is 3.